The first-order chi connectivity index (χ1) is 7.29. The van der Waals surface area contributed by atoms with Gasteiger partial charge in [-0.1, -0.05) is 32.6 Å². The molecular formula is C13H25NO. The van der Waals surface area contributed by atoms with Crippen LogP contribution in [0.15, 0.2) is 0 Å². The van der Waals surface area contributed by atoms with Crippen LogP contribution in [0.5, 0.6) is 0 Å². The highest BCUT2D eigenvalue weighted by Crippen LogP contribution is 2.43. The monoisotopic (exact) mass is 211 g/mol. The molecule has 2 aliphatic rings. The van der Waals surface area contributed by atoms with Crippen molar-refractivity contribution in [1.29, 1.82) is 0 Å². The average Bonchev–Trinajstić information content (AvgIpc) is 2.44. The van der Waals surface area contributed by atoms with Crippen LogP contribution in [0.1, 0.15) is 51.9 Å². The fourth-order valence-corrected chi connectivity index (χ4v) is 3.37. The van der Waals surface area contributed by atoms with E-state index in [0.29, 0.717) is 18.1 Å². The molecule has 88 valence electrons. The van der Waals surface area contributed by atoms with Gasteiger partial charge in [0.15, 0.2) is 0 Å². The van der Waals surface area contributed by atoms with E-state index in [0.717, 1.165) is 6.42 Å². The third kappa shape index (κ3) is 2.36. The first-order valence-electron chi connectivity index (χ1n) is 6.64. The van der Waals surface area contributed by atoms with Crippen molar-refractivity contribution < 1.29 is 5.11 Å². The second-order valence-electron chi connectivity index (χ2n) is 5.56. The van der Waals surface area contributed by atoms with E-state index in [-0.39, 0.29) is 0 Å². The predicted octanol–water partition coefficient (Wildman–Crippen LogP) is 2.41. The topological polar surface area (TPSA) is 23.5 Å². The maximum Gasteiger partial charge on any atom is 0.0586 e. The summed E-state index contributed by atoms with van der Waals surface area (Å²) in [6, 6.07) is 0.430. The van der Waals surface area contributed by atoms with Gasteiger partial charge in [0.25, 0.3) is 0 Å². The number of likely N-dealkylation sites (tertiary alicyclic amines) is 1. The van der Waals surface area contributed by atoms with Crippen LogP contribution >= 0.6 is 0 Å². The van der Waals surface area contributed by atoms with Crippen molar-refractivity contribution in [3.05, 3.63) is 0 Å². The third-order valence-corrected chi connectivity index (χ3v) is 4.44. The Kier molecular flexibility index (Phi) is 3.68. The Morgan fingerprint density at radius 2 is 1.73 bits per heavy atom. The molecule has 0 amide bonds. The molecule has 15 heavy (non-hydrogen) atoms. The number of aliphatic hydroxyl groups is 1. The Bertz CT molecular complexity index is 185. The second-order valence-corrected chi connectivity index (χ2v) is 5.56. The molecular weight excluding hydrogens is 186 g/mol. The third-order valence-electron chi connectivity index (χ3n) is 4.44. The summed E-state index contributed by atoms with van der Waals surface area (Å²) in [5.41, 5.74) is 0.652. The van der Waals surface area contributed by atoms with E-state index in [1.54, 1.807) is 0 Å². The minimum atomic E-state index is 0.340. The fraction of sp³-hybridized carbons (Fsp3) is 1.00. The van der Waals surface area contributed by atoms with Crippen molar-refractivity contribution in [3.8, 4) is 0 Å². The Morgan fingerprint density at radius 1 is 1.13 bits per heavy atom. The lowest BCUT2D eigenvalue weighted by Gasteiger charge is -2.53. The molecule has 0 aromatic carbocycles. The highest BCUT2D eigenvalue weighted by Gasteiger charge is 2.44. The Morgan fingerprint density at radius 3 is 2.20 bits per heavy atom. The van der Waals surface area contributed by atoms with Gasteiger partial charge in [0.2, 0.25) is 0 Å². The maximum atomic E-state index is 9.26. The van der Waals surface area contributed by atoms with E-state index in [1.165, 1.54) is 51.6 Å². The zero-order valence-corrected chi connectivity index (χ0v) is 10.0. The molecule has 0 unspecified atom stereocenters. The van der Waals surface area contributed by atoms with Gasteiger partial charge in [0.1, 0.15) is 0 Å². The summed E-state index contributed by atoms with van der Waals surface area (Å²) in [6.45, 7) is 5.03. The molecule has 1 atom stereocenters. The summed E-state index contributed by atoms with van der Waals surface area (Å²) in [4.78, 5) is 2.49. The first-order valence-corrected chi connectivity index (χ1v) is 6.64. The van der Waals surface area contributed by atoms with Crippen LogP contribution in [-0.2, 0) is 0 Å². The van der Waals surface area contributed by atoms with Gasteiger partial charge in [-0.2, -0.15) is 0 Å². The Labute approximate surface area is 93.7 Å². The van der Waals surface area contributed by atoms with Crippen LogP contribution in [0.2, 0.25) is 0 Å². The van der Waals surface area contributed by atoms with Crippen LogP contribution in [-0.4, -0.2) is 35.7 Å². The Hall–Kier alpha value is -0.0800. The molecule has 2 rings (SSSR count). The summed E-state index contributed by atoms with van der Waals surface area (Å²) in [7, 11) is 0. The van der Waals surface area contributed by atoms with E-state index in [9.17, 15) is 5.11 Å². The molecule has 0 aromatic rings. The quantitative estimate of drug-likeness (QED) is 0.775. The zero-order chi connectivity index (χ0) is 10.7. The average molecular weight is 211 g/mol. The second kappa shape index (κ2) is 4.84. The molecule has 0 aromatic heterocycles. The maximum absolute atomic E-state index is 9.26. The number of hydrogen-bond acceptors (Lipinski definition) is 2. The highest BCUT2D eigenvalue weighted by molar-refractivity contribution is 4.97. The number of hydrogen-bond donors (Lipinski definition) is 1. The molecule has 1 saturated heterocycles. The minimum absolute atomic E-state index is 0.340. The van der Waals surface area contributed by atoms with Crippen molar-refractivity contribution in [3.63, 3.8) is 0 Å². The van der Waals surface area contributed by atoms with E-state index >= 15 is 0 Å². The normalized spacial score (nSPS) is 28.4. The van der Waals surface area contributed by atoms with Crippen LogP contribution in [0.25, 0.3) is 0 Å². The van der Waals surface area contributed by atoms with E-state index < -0.39 is 0 Å². The Balaban J connectivity index is 1.84. The van der Waals surface area contributed by atoms with Gasteiger partial charge in [-0.15, -0.1) is 0 Å². The number of nitrogens with zero attached hydrogens (tertiary/aromatic N) is 1. The SMILES string of the molecule is CC[C@H](CO)N1CC2(CCCCCC2)C1. The number of aliphatic hydroxyl groups excluding tert-OH is 1. The van der Waals surface area contributed by atoms with Crippen LogP contribution in [0.3, 0.4) is 0 Å². The minimum Gasteiger partial charge on any atom is -0.395 e. The molecule has 1 saturated carbocycles. The molecule has 1 heterocycles. The summed E-state index contributed by atoms with van der Waals surface area (Å²) in [5, 5.41) is 9.26. The van der Waals surface area contributed by atoms with Crippen LogP contribution < -0.4 is 0 Å². The van der Waals surface area contributed by atoms with E-state index in [4.69, 9.17) is 0 Å². The van der Waals surface area contributed by atoms with Gasteiger partial charge >= 0.3 is 0 Å². The molecule has 2 fully saturated rings. The molecule has 1 aliphatic heterocycles. The molecule has 0 radical (unpaired) electrons. The van der Waals surface area contributed by atoms with E-state index in [1.807, 2.05) is 0 Å². The van der Waals surface area contributed by atoms with Crippen LogP contribution in [0.4, 0.5) is 0 Å². The summed E-state index contributed by atoms with van der Waals surface area (Å²) in [6.07, 6.45) is 9.72. The van der Waals surface area contributed by atoms with Gasteiger partial charge in [-0.25, -0.2) is 0 Å². The van der Waals surface area contributed by atoms with Crippen LogP contribution in [0, 0.1) is 5.41 Å². The lowest BCUT2D eigenvalue weighted by molar-refractivity contribution is -0.0556. The van der Waals surface area contributed by atoms with Gasteiger partial charge in [0, 0.05) is 19.1 Å². The van der Waals surface area contributed by atoms with Crippen molar-refractivity contribution in [1.82, 2.24) is 4.90 Å². The molecule has 1 N–H and O–H groups in total. The predicted molar refractivity (Wildman–Crippen MR) is 62.9 cm³/mol. The number of rotatable bonds is 3. The van der Waals surface area contributed by atoms with Gasteiger partial charge in [-0.05, 0) is 24.7 Å². The summed E-state index contributed by atoms with van der Waals surface area (Å²) in [5.74, 6) is 0. The first kappa shape index (κ1) is 11.4. The molecule has 2 heteroatoms. The van der Waals surface area contributed by atoms with E-state index in [2.05, 4.69) is 11.8 Å². The largest absolute Gasteiger partial charge is 0.395 e. The van der Waals surface area contributed by atoms with Crippen molar-refractivity contribution >= 4 is 0 Å². The summed E-state index contributed by atoms with van der Waals surface area (Å²) >= 11 is 0. The standard InChI is InChI=1S/C13H25NO/c1-2-12(9-15)14-10-13(11-14)7-5-3-4-6-8-13/h12,15H,2-11H2,1H3/t12-/m1/s1. The zero-order valence-electron chi connectivity index (χ0n) is 10.0. The van der Waals surface area contributed by atoms with Crippen molar-refractivity contribution in [2.45, 2.75) is 57.9 Å². The highest BCUT2D eigenvalue weighted by atomic mass is 16.3. The lowest BCUT2D eigenvalue weighted by atomic mass is 9.73. The summed E-state index contributed by atoms with van der Waals surface area (Å²) < 4.78 is 0. The molecule has 1 aliphatic carbocycles. The molecule has 0 bridgehead atoms. The van der Waals surface area contributed by atoms with Gasteiger partial charge in [-0.3, -0.25) is 4.90 Å². The molecule has 1 spiro atoms. The van der Waals surface area contributed by atoms with Crippen molar-refractivity contribution in [2.75, 3.05) is 19.7 Å². The van der Waals surface area contributed by atoms with Gasteiger partial charge < -0.3 is 5.11 Å². The molecule has 2 nitrogen and oxygen atoms in total. The van der Waals surface area contributed by atoms with Gasteiger partial charge in [0.05, 0.1) is 6.61 Å². The smallest absolute Gasteiger partial charge is 0.0586 e. The fourth-order valence-electron chi connectivity index (χ4n) is 3.37. The lowest BCUT2D eigenvalue weighted by Crippen LogP contribution is -2.60. The van der Waals surface area contributed by atoms with Crippen molar-refractivity contribution in [2.24, 2.45) is 5.41 Å².